The standard InChI is InChI=1S/C24H30N3O4Se/c1-24(2,3)31-23(29)26-15-14-25-22(32)27-20(16-18-10-6-4-7-11-18)21(28)30-17-19-12-8-5-9-13-19/h4-13,20H,14-17H2,1-3H3,(H,25,27)(H,26,29)/t20-/m0/s1. The van der Waals surface area contributed by atoms with Gasteiger partial charge in [-0.2, -0.15) is 0 Å². The van der Waals surface area contributed by atoms with Crippen LogP contribution in [-0.4, -0.2) is 57.5 Å². The average Bonchev–Trinajstić information content (AvgIpc) is 2.75. The summed E-state index contributed by atoms with van der Waals surface area (Å²) in [5.41, 5.74) is 1.37. The van der Waals surface area contributed by atoms with Crippen LogP contribution in [0.4, 0.5) is 4.79 Å². The molecule has 0 fully saturated rings. The molecule has 0 saturated carbocycles. The molecule has 0 heterocycles. The quantitative estimate of drug-likeness (QED) is 0.181. The van der Waals surface area contributed by atoms with Crippen LogP contribution in [-0.2, 0) is 27.3 Å². The number of amidine groups is 1. The zero-order valence-corrected chi connectivity index (χ0v) is 20.4. The van der Waals surface area contributed by atoms with E-state index in [0.717, 1.165) is 11.1 Å². The van der Waals surface area contributed by atoms with Crippen LogP contribution in [0.1, 0.15) is 31.9 Å². The number of amides is 1. The minimum atomic E-state index is -0.611. The van der Waals surface area contributed by atoms with Crippen molar-refractivity contribution in [2.24, 2.45) is 4.99 Å². The first-order valence-electron chi connectivity index (χ1n) is 10.4. The number of carbonyl (C=O) groups is 2. The topological polar surface area (TPSA) is 89.0 Å². The van der Waals surface area contributed by atoms with Crippen molar-refractivity contribution in [1.82, 2.24) is 10.6 Å². The summed E-state index contributed by atoms with van der Waals surface area (Å²) in [5.74, 6) is -0.368. The number of rotatable bonds is 9. The van der Waals surface area contributed by atoms with E-state index in [1.807, 2.05) is 60.7 Å². The van der Waals surface area contributed by atoms with E-state index in [2.05, 4.69) is 31.6 Å². The van der Waals surface area contributed by atoms with Gasteiger partial charge in [-0.1, -0.05) is 0 Å². The second kappa shape index (κ2) is 12.9. The van der Waals surface area contributed by atoms with Crippen molar-refractivity contribution in [1.29, 1.82) is 0 Å². The van der Waals surface area contributed by atoms with Crippen molar-refractivity contribution in [2.75, 3.05) is 13.1 Å². The van der Waals surface area contributed by atoms with E-state index in [0.29, 0.717) is 24.2 Å². The first-order valence-corrected chi connectivity index (χ1v) is 11.3. The molecule has 1 radical (unpaired) electrons. The zero-order chi connectivity index (χ0) is 23.4. The monoisotopic (exact) mass is 504 g/mol. The summed E-state index contributed by atoms with van der Waals surface area (Å²) >= 11 is 2.84. The number of alkyl carbamates (subject to hydrolysis) is 1. The zero-order valence-electron chi connectivity index (χ0n) is 18.7. The number of carbonyl (C=O) groups excluding carboxylic acids is 2. The molecule has 32 heavy (non-hydrogen) atoms. The van der Waals surface area contributed by atoms with Gasteiger partial charge in [-0.05, 0) is 0 Å². The van der Waals surface area contributed by atoms with Gasteiger partial charge in [-0.15, -0.1) is 0 Å². The first kappa shape index (κ1) is 25.4. The van der Waals surface area contributed by atoms with Gasteiger partial charge in [-0.25, -0.2) is 0 Å². The molecule has 2 aromatic carbocycles. The van der Waals surface area contributed by atoms with Crippen molar-refractivity contribution in [2.45, 2.75) is 45.4 Å². The molecule has 0 aliphatic rings. The summed E-state index contributed by atoms with van der Waals surface area (Å²) in [5, 5.41) is 5.75. The Hall–Kier alpha value is -2.83. The number of ether oxygens (including phenoxy) is 2. The minimum absolute atomic E-state index is 0.201. The molecule has 1 atom stereocenters. The predicted molar refractivity (Wildman–Crippen MR) is 126 cm³/mol. The molecule has 2 rings (SSSR count). The first-order chi connectivity index (χ1) is 15.2. The van der Waals surface area contributed by atoms with Gasteiger partial charge in [0.25, 0.3) is 0 Å². The fourth-order valence-corrected chi connectivity index (χ4v) is 3.19. The van der Waals surface area contributed by atoms with E-state index in [-0.39, 0.29) is 12.6 Å². The van der Waals surface area contributed by atoms with Gasteiger partial charge >= 0.3 is 198 Å². The third-order valence-electron chi connectivity index (χ3n) is 4.12. The number of hydrogen-bond acceptors (Lipinski definition) is 5. The normalized spacial score (nSPS) is 12.5. The van der Waals surface area contributed by atoms with Crippen molar-refractivity contribution in [3.05, 3.63) is 71.8 Å². The Labute approximate surface area is 197 Å². The van der Waals surface area contributed by atoms with Crippen LogP contribution >= 0.6 is 0 Å². The molecule has 0 aliphatic carbocycles. The maximum absolute atomic E-state index is 12.8. The molecule has 2 aromatic rings. The van der Waals surface area contributed by atoms with Crippen LogP contribution in [0.15, 0.2) is 65.7 Å². The van der Waals surface area contributed by atoms with Crippen LogP contribution in [0.3, 0.4) is 0 Å². The Balaban J connectivity index is 1.92. The Bertz CT molecular complexity index is 883. The number of esters is 1. The fraction of sp³-hybridized carbons (Fsp3) is 0.375. The van der Waals surface area contributed by atoms with Gasteiger partial charge in [0, 0.05) is 0 Å². The van der Waals surface area contributed by atoms with Crippen molar-refractivity contribution >= 4 is 32.8 Å². The maximum atomic E-state index is 12.8. The molecule has 0 saturated heterocycles. The fourth-order valence-electron chi connectivity index (χ4n) is 2.70. The van der Waals surface area contributed by atoms with Crippen LogP contribution < -0.4 is 10.6 Å². The third kappa shape index (κ3) is 10.5. The molecule has 171 valence electrons. The summed E-state index contributed by atoms with van der Waals surface area (Å²) in [6, 6.07) is 18.6. The number of aliphatic imine (C=N–C) groups is 1. The van der Waals surface area contributed by atoms with Crippen LogP contribution in [0.5, 0.6) is 0 Å². The number of benzene rings is 2. The molecule has 0 aliphatic heterocycles. The third-order valence-corrected chi connectivity index (χ3v) is 4.64. The molecule has 0 aromatic heterocycles. The van der Waals surface area contributed by atoms with Crippen molar-refractivity contribution in [3.8, 4) is 0 Å². The summed E-state index contributed by atoms with van der Waals surface area (Å²) in [6.07, 6.45) is -0.0422. The van der Waals surface area contributed by atoms with Gasteiger partial charge in [0.05, 0.1) is 0 Å². The Morgan fingerprint density at radius 1 is 1.00 bits per heavy atom. The van der Waals surface area contributed by atoms with E-state index in [4.69, 9.17) is 9.47 Å². The van der Waals surface area contributed by atoms with Gasteiger partial charge < -0.3 is 0 Å². The molecule has 2 N–H and O–H groups in total. The van der Waals surface area contributed by atoms with E-state index in [1.165, 1.54) is 0 Å². The van der Waals surface area contributed by atoms with Gasteiger partial charge in [0.2, 0.25) is 0 Å². The summed E-state index contributed by atoms with van der Waals surface area (Å²) in [6.45, 7) is 6.24. The Morgan fingerprint density at radius 2 is 1.59 bits per heavy atom. The Kier molecular flexibility index (Phi) is 10.2. The molecule has 0 spiro atoms. The second-order valence-electron chi connectivity index (χ2n) is 8.10. The van der Waals surface area contributed by atoms with Crippen molar-refractivity contribution in [3.63, 3.8) is 0 Å². The number of hydrogen-bond donors (Lipinski definition) is 2. The van der Waals surface area contributed by atoms with Crippen LogP contribution in [0.2, 0.25) is 0 Å². The number of nitrogens with zero attached hydrogens (tertiary/aromatic N) is 1. The summed E-state index contributed by atoms with van der Waals surface area (Å²) in [4.78, 5) is 28.8. The summed E-state index contributed by atoms with van der Waals surface area (Å²) < 4.78 is 11.2. The predicted octanol–water partition coefficient (Wildman–Crippen LogP) is 2.98. The molecular weight excluding hydrogens is 473 g/mol. The SMILES string of the molecule is CC(C)(C)OC(=O)NCCN=C([Se])N[C@@H](Cc1ccccc1)C(=O)OCc1ccccc1. The van der Waals surface area contributed by atoms with Gasteiger partial charge in [0.1, 0.15) is 0 Å². The molecule has 0 bridgehead atoms. The molecule has 7 nitrogen and oxygen atoms in total. The second-order valence-corrected chi connectivity index (χ2v) is 8.91. The molecule has 1 amide bonds. The van der Waals surface area contributed by atoms with E-state index in [1.54, 1.807) is 20.8 Å². The van der Waals surface area contributed by atoms with E-state index < -0.39 is 17.7 Å². The van der Waals surface area contributed by atoms with Gasteiger partial charge in [-0.3, -0.25) is 0 Å². The van der Waals surface area contributed by atoms with E-state index >= 15 is 0 Å². The summed E-state index contributed by atoms with van der Waals surface area (Å²) in [7, 11) is 0. The molecule has 0 unspecified atom stereocenters. The van der Waals surface area contributed by atoms with Crippen LogP contribution in [0.25, 0.3) is 0 Å². The average molecular weight is 503 g/mol. The number of nitrogens with one attached hydrogen (secondary N) is 2. The Morgan fingerprint density at radius 3 is 2.19 bits per heavy atom. The van der Waals surface area contributed by atoms with Crippen molar-refractivity contribution < 1.29 is 19.1 Å². The molecular formula is C24H30N3O4Se. The molecule has 8 heteroatoms. The van der Waals surface area contributed by atoms with E-state index in [9.17, 15) is 9.59 Å². The van der Waals surface area contributed by atoms with Gasteiger partial charge in [0.15, 0.2) is 0 Å². The van der Waals surface area contributed by atoms with Crippen LogP contribution in [0, 0.1) is 0 Å².